The minimum atomic E-state index is -4.54. The van der Waals surface area contributed by atoms with Gasteiger partial charge in [0.1, 0.15) is 0 Å². The van der Waals surface area contributed by atoms with E-state index >= 15 is 0 Å². The Morgan fingerprint density at radius 3 is 2.37 bits per heavy atom. The van der Waals surface area contributed by atoms with E-state index in [1.807, 2.05) is 42.5 Å². The third-order valence-electron chi connectivity index (χ3n) is 11.3. The van der Waals surface area contributed by atoms with Crippen LogP contribution in [0.1, 0.15) is 83.6 Å². The number of halogens is 3. The number of alkyl halides is 3. The number of fused-ring (bicyclic) bond motifs is 5. The number of benzene rings is 1. The Bertz CT molecular complexity index is 929. The monoisotopic (exact) mass is 490 g/mol. The molecule has 4 saturated carbocycles. The zero-order valence-corrected chi connectivity index (χ0v) is 21.1. The summed E-state index contributed by atoms with van der Waals surface area (Å²) in [5.74, 6) is 2.05. The molecule has 35 heavy (non-hydrogen) atoms. The van der Waals surface area contributed by atoms with Gasteiger partial charge in [-0.1, -0.05) is 56.3 Å². The van der Waals surface area contributed by atoms with Crippen molar-refractivity contribution in [1.82, 2.24) is 0 Å². The van der Waals surface area contributed by atoms with Crippen LogP contribution in [0.2, 0.25) is 0 Å². The van der Waals surface area contributed by atoms with Crippen LogP contribution in [0.5, 0.6) is 0 Å². The smallest absolute Gasteiger partial charge is 0.389 e. The van der Waals surface area contributed by atoms with Crippen LogP contribution >= 0.6 is 0 Å². The molecule has 5 heteroatoms. The summed E-state index contributed by atoms with van der Waals surface area (Å²) in [6.45, 7) is 4.66. The van der Waals surface area contributed by atoms with Gasteiger partial charge in [-0.2, -0.15) is 13.2 Å². The van der Waals surface area contributed by atoms with Crippen LogP contribution in [0.15, 0.2) is 36.4 Å². The summed E-state index contributed by atoms with van der Waals surface area (Å²) in [5, 5.41) is 21.2. The fourth-order valence-electron chi connectivity index (χ4n) is 9.16. The normalized spacial score (nSPS) is 44.5. The molecule has 0 radical (unpaired) electrons. The second-order valence-corrected chi connectivity index (χ2v) is 12.8. The highest BCUT2D eigenvalue weighted by Gasteiger charge is 2.65. The molecule has 0 spiro atoms. The van der Waals surface area contributed by atoms with Crippen LogP contribution in [0.3, 0.4) is 0 Å². The highest BCUT2D eigenvalue weighted by atomic mass is 19.4. The molecular weight excluding hydrogens is 449 g/mol. The summed E-state index contributed by atoms with van der Waals surface area (Å²) < 4.78 is 40.8. The molecular formula is C30H41F3O2. The number of hydrogen-bond donors (Lipinski definition) is 2. The van der Waals surface area contributed by atoms with Gasteiger partial charge in [0, 0.05) is 0 Å². The third-order valence-corrected chi connectivity index (χ3v) is 11.3. The molecule has 4 aliphatic carbocycles. The van der Waals surface area contributed by atoms with Crippen molar-refractivity contribution in [2.75, 3.05) is 0 Å². The van der Waals surface area contributed by atoms with Gasteiger partial charge in [0.2, 0.25) is 0 Å². The topological polar surface area (TPSA) is 40.5 Å². The van der Waals surface area contributed by atoms with E-state index in [2.05, 4.69) is 13.8 Å². The molecule has 0 heterocycles. The van der Waals surface area contributed by atoms with Crippen LogP contribution in [0.25, 0.3) is 6.08 Å². The van der Waals surface area contributed by atoms with Gasteiger partial charge in [-0.3, -0.25) is 0 Å². The maximum Gasteiger partial charge on any atom is 0.417 e. The quantitative estimate of drug-likeness (QED) is 0.462. The highest BCUT2D eigenvalue weighted by Crippen LogP contribution is 2.69. The van der Waals surface area contributed by atoms with Crippen molar-refractivity contribution in [3.63, 3.8) is 0 Å². The van der Waals surface area contributed by atoms with E-state index in [-0.39, 0.29) is 29.6 Å². The molecule has 4 aliphatic rings. The Balaban J connectivity index is 1.27. The lowest BCUT2D eigenvalue weighted by atomic mass is 9.43. The molecule has 9 atom stereocenters. The summed E-state index contributed by atoms with van der Waals surface area (Å²) in [6.07, 6.45) is 6.18. The summed E-state index contributed by atoms with van der Waals surface area (Å²) in [7, 11) is 0. The van der Waals surface area contributed by atoms with Gasteiger partial charge in [-0.05, 0) is 110 Å². The first-order valence-corrected chi connectivity index (χ1v) is 13.7. The fraction of sp³-hybridized carbons (Fsp3) is 0.733. The molecule has 0 saturated heterocycles. The van der Waals surface area contributed by atoms with E-state index < -0.39 is 17.9 Å². The molecule has 0 aromatic heterocycles. The average molecular weight is 491 g/mol. The number of hydrogen-bond acceptors (Lipinski definition) is 2. The number of aliphatic hydroxyl groups is 2. The zero-order valence-electron chi connectivity index (χ0n) is 21.1. The first-order chi connectivity index (χ1) is 16.5. The van der Waals surface area contributed by atoms with Crippen molar-refractivity contribution in [3.05, 3.63) is 42.0 Å². The lowest BCUT2D eigenvalue weighted by molar-refractivity contribution is -0.290. The van der Waals surface area contributed by atoms with E-state index in [9.17, 15) is 23.4 Å². The SMILES string of the molecule is CC12CCC3C(CCC4C[C@](O)(C(F)(F)F)CCC43C)C1CCC2CC(O)/C=C/c1ccccc1. The third kappa shape index (κ3) is 4.29. The highest BCUT2D eigenvalue weighted by molar-refractivity contribution is 5.49. The maximum absolute atomic E-state index is 13.6. The lowest BCUT2D eigenvalue weighted by Crippen LogP contribution is -2.59. The predicted molar refractivity (Wildman–Crippen MR) is 132 cm³/mol. The van der Waals surface area contributed by atoms with Crippen molar-refractivity contribution in [1.29, 1.82) is 0 Å². The average Bonchev–Trinajstić information content (AvgIpc) is 3.14. The Kier molecular flexibility index (Phi) is 6.44. The van der Waals surface area contributed by atoms with E-state index in [4.69, 9.17) is 0 Å². The van der Waals surface area contributed by atoms with Gasteiger partial charge in [-0.15, -0.1) is 0 Å². The first kappa shape index (κ1) is 25.3. The molecule has 4 fully saturated rings. The molecule has 2 N–H and O–H groups in total. The molecule has 194 valence electrons. The van der Waals surface area contributed by atoms with E-state index in [0.717, 1.165) is 44.1 Å². The summed E-state index contributed by atoms with van der Waals surface area (Å²) in [6, 6.07) is 10.1. The number of rotatable bonds is 4. The Morgan fingerprint density at radius 2 is 1.66 bits per heavy atom. The molecule has 5 rings (SSSR count). The second kappa shape index (κ2) is 8.90. The minimum Gasteiger partial charge on any atom is -0.389 e. The van der Waals surface area contributed by atoms with Crippen molar-refractivity contribution >= 4 is 6.08 Å². The lowest BCUT2D eigenvalue weighted by Gasteiger charge is -2.62. The van der Waals surface area contributed by atoms with E-state index in [1.165, 1.54) is 6.42 Å². The van der Waals surface area contributed by atoms with Gasteiger partial charge in [0.15, 0.2) is 5.60 Å². The van der Waals surface area contributed by atoms with Gasteiger partial charge < -0.3 is 10.2 Å². The van der Waals surface area contributed by atoms with Crippen LogP contribution in [-0.4, -0.2) is 28.1 Å². The first-order valence-electron chi connectivity index (χ1n) is 13.7. The molecule has 0 aliphatic heterocycles. The van der Waals surface area contributed by atoms with Gasteiger partial charge in [0.05, 0.1) is 6.10 Å². The van der Waals surface area contributed by atoms with Gasteiger partial charge >= 0.3 is 6.18 Å². The maximum atomic E-state index is 13.6. The standard InChI is InChI=1S/C30H41F3O2/c1-27-15-14-26-24(12-9-22-19-29(35,30(31,32)33)17-16-28(22,26)2)25(27)13-10-21(27)18-23(34)11-8-20-6-4-3-5-7-20/h3-8,11,21-26,34-35H,9-10,12-19H2,1-2H3/b11-8+/t21?,22?,23?,24?,25?,26?,27?,28?,29-/m0/s1. The molecule has 1 aromatic carbocycles. The Hall–Kier alpha value is -1.33. The van der Waals surface area contributed by atoms with Crippen molar-refractivity contribution in [2.24, 2.45) is 40.4 Å². The minimum absolute atomic E-state index is 0.0457. The van der Waals surface area contributed by atoms with Crippen LogP contribution in [-0.2, 0) is 0 Å². The van der Waals surface area contributed by atoms with Crippen molar-refractivity contribution in [3.8, 4) is 0 Å². The van der Waals surface area contributed by atoms with Gasteiger partial charge in [-0.25, -0.2) is 0 Å². The van der Waals surface area contributed by atoms with Crippen LogP contribution in [0.4, 0.5) is 13.2 Å². The number of aliphatic hydroxyl groups excluding tert-OH is 1. The zero-order chi connectivity index (χ0) is 25.1. The summed E-state index contributed by atoms with van der Waals surface area (Å²) >= 11 is 0. The van der Waals surface area contributed by atoms with E-state index in [0.29, 0.717) is 30.1 Å². The van der Waals surface area contributed by atoms with Crippen LogP contribution in [0, 0.1) is 40.4 Å². The second-order valence-electron chi connectivity index (χ2n) is 12.8. The van der Waals surface area contributed by atoms with Crippen LogP contribution < -0.4 is 0 Å². The molecule has 2 nitrogen and oxygen atoms in total. The molecule has 0 bridgehead atoms. The predicted octanol–water partition coefficient (Wildman–Crippen LogP) is 7.40. The summed E-state index contributed by atoms with van der Waals surface area (Å²) in [5.41, 5.74) is -1.31. The molecule has 0 amide bonds. The molecule has 8 unspecified atom stereocenters. The van der Waals surface area contributed by atoms with Crippen molar-refractivity contribution in [2.45, 2.75) is 95.9 Å². The Morgan fingerprint density at radius 1 is 0.943 bits per heavy atom. The largest absolute Gasteiger partial charge is 0.417 e. The molecule has 1 aromatic rings. The van der Waals surface area contributed by atoms with Crippen molar-refractivity contribution < 1.29 is 23.4 Å². The van der Waals surface area contributed by atoms with Gasteiger partial charge in [0.25, 0.3) is 0 Å². The summed E-state index contributed by atoms with van der Waals surface area (Å²) in [4.78, 5) is 0. The fourth-order valence-corrected chi connectivity index (χ4v) is 9.16. The Labute approximate surface area is 208 Å². The van der Waals surface area contributed by atoms with E-state index in [1.54, 1.807) is 0 Å².